The lowest BCUT2D eigenvalue weighted by molar-refractivity contribution is -0.135. The molecule has 32 heavy (non-hydrogen) atoms. The van der Waals surface area contributed by atoms with Crippen LogP contribution in [0.25, 0.3) is 11.2 Å². The summed E-state index contributed by atoms with van der Waals surface area (Å²) in [4.78, 5) is 32.8. The van der Waals surface area contributed by atoms with E-state index in [0.29, 0.717) is 18.7 Å². The quantitative estimate of drug-likeness (QED) is 0.617. The molecule has 2 aliphatic rings. The van der Waals surface area contributed by atoms with Gasteiger partial charge in [0.15, 0.2) is 5.65 Å². The van der Waals surface area contributed by atoms with Crippen molar-refractivity contribution in [2.45, 2.75) is 32.2 Å². The fraction of sp³-hybridized carbons (Fsp3) is 0.440. The van der Waals surface area contributed by atoms with Crippen LogP contribution in [0.15, 0.2) is 48.9 Å². The zero-order chi connectivity index (χ0) is 21.9. The first-order valence-electron chi connectivity index (χ1n) is 11.6. The van der Waals surface area contributed by atoms with E-state index in [9.17, 15) is 4.79 Å². The van der Waals surface area contributed by atoms with Crippen LogP contribution < -0.4 is 9.80 Å². The molecule has 0 N–H and O–H groups in total. The first kappa shape index (κ1) is 20.7. The second-order valence-corrected chi connectivity index (χ2v) is 8.93. The van der Waals surface area contributed by atoms with E-state index in [1.807, 2.05) is 24.2 Å². The van der Waals surface area contributed by atoms with Crippen molar-refractivity contribution in [3.05, 3.63) is 54.5 Å². The zero-order valence-electron chi connectivity index (χ0n) is 18.7. The molecule has 7 nitrogen and oxygen atoms in total. The molecule has 1 amide bonds. The van der Waals surface area contributed by atoms with Crippen molar-refractivity contribution in [2.24, 2.45) is 5.92 Å². The van der Waals surface area contributed by atoms with Gasteiger partial charge in [0.05, 0.1) is 17.8 Å². The highest BCUT2D eigenvalue weighted by molar-refractivity contribution is 5.80. The molecule has 0 saturated carbocycles. The Morgan fingerprint density at radius 3 is 2.53 bits per heavy atom. The molecule has 2 aromatic heterocycles. The van der Waals surface area contributed by atoms with Crippen molar-refractivity contribution < 1.29 is 4.79 Å². The van der Waals surface area contributed by atoms with Crippen LogP contribution in [0.1, 0.15) is 31.2 Å². The number of benzene rings is 1. The summed E-state index contributed by atoms with van der Waals surface area (Å²) in [6.45, 7) is 4.58. The number of carbonyl (C=O) groups is 1. The molecule has 4 heterocycles. The number of anilines is 2. The van der Waals surface area contributed by atoms with Crippen LogP contribution in [0, 0.1) is 5.92 Å². The third-order valence-electron chi connectivity index (χ3n) is 6.65. The van der Waals surface area contributed by atoms with Gasteiger partial charge in [0.25, 0.3) is 0 Å². The number of fused-ring (bicyclic) bond motifs is 1. The molecular weight excluding hydrogens is 400 g/mol. The van der Waals surface area contributed by atoms with Gasteiger partial charge in [-0.15, -0.1) is 0 Å². The summed E-state index contributed by atoms with van der Waals surface area (Å²) in [6.07, 6.45) is 9.65. The van der Waals surface area contributed by atoms with Crippen LogP contribution in [0.4, 0.5) is 11.4 Å². The van der Waals surface area contributed by atoms with E-state index in [1.165, 1.54) is 24.1 Å². The molecule has 2 fully saturated rings. The number of pyridine rings is 1. The molecule has 0 spiro atoms. The molecule has 2 aliphatic heterocycles. The molecule has 7 heteroatoms. The van der Waals surface area contributed by atoms with Crippen molar-refractivity contribution in [2.75, 3.05) is 43.0 Å². The van der Waals surface area contributed by atoms with E-state index >= 15 is 0 Å². The topological polar surface area (TPSA) is 65.5 Å². The lowest BCUT2D eigenvalue weighted by Gasteiger charge is -2.35. The summed E-state index contributed by atoms with van der Waals surface area (Å²) in [5, 5.41) is 0. The highest BCUT2D eigenvalue weighted by atomic mass is 16.2. The minimum Gasteiger partial charge on any atom is -0.372 e. The van der Waals surface area contributed by atoms with E-state index in [-0.39, 0.29) is 11.8 Å². The van der Waals surface area contributed by atoms with Crippen LogP contribution in [0.5, 0.6) is 0 Å². The third-order valence-corrected chi connectivity index (χ3v) is 6.65. The smallest absolute Gasteiger partial charge is 0.227 e. The average Bonchev–Trinajstić information content (AvgIpc) is 3.39. The maximum absolute atomic E-state index is 13.2. The molecule has 5 rings (SSSR count). The summed E-state index contributed by atoms with van der Waals surface area (Å²) in [7, 11) is 1.92. The van der Waals surface area contributed by atoms with Gasteiger partial charge in [-0.25, -0.2) is 9.97 Å². The number of amides is 1. The largest absolute Gasteiger partial charge is 0.372 e. The lowest BCUT2D eigenvalue weighted by Crippen LogP contribution is -2.43. The number of aromatic nitrogens is 3. The highest BCUT2D eigenvalue weighted by Crippen LogP contribution is 2.26. The normalized spacial score (nSPS) is 18.8. The maximum Gasteiger partial charge on any atom is 0.227 e. The number of hydrogen-bond acceptors (Lipinski definition) is 6. The Hall–Kier alpha value is -3.22. The van der Waals surface area contributed by atoms with Gasteiger partial charge in [-0.05, 0) is 49.4 Å². The number of piperidine rings is 1. The molecule has 166 valence electrons. The summed E-state index contributed by atoms with van der Waals surface area (Å²) >= 11 is 0. The fourth-order valence-electron chi connectivity index (χ4n) is 4.88. The maximum atomic E-state index is 13.2. The Kier molecular flexibility index (Phi) is 5.88. The van der Waals surface area contributed by atoms with Crippen molar-refractivity contribution in [3.63, 3.8) is 0 Å². The van der Waals surface area contributed by atoms with E-state index in [1.54, 1.807) is 12.4 Å². The van der Waals surface area contributed by atoms with Crippen LogP contribution in [-0.4, -0.2) is 59.0 Å². The summed E-state index contributed by atoms with van der Waals surface area (Å²) in [6, 6.07) is 10.7. The number of hydrogen-bond donors (Lipinski definition) is 0. The molecule has 1 atom stereocenters. The van der Waals surface area contributed by atoms with Crippen molar-refractivity contribution in [1.29, 1.82) is 0 Å². The Bertz CT molecular complexity index is 1080. The van der Waals surface area contributed by atoms with Crippen molar-refractivity contribution >= 4 is 28.4 Å². The first-order chi connectivity index (χ1) is 15.7. The van der Waals surface area contributed by atoms with Gasteiger partial charge in [0, 0.05) is 57.9 Å². The molecule has 1 aromatic carbocycles. The van der Waals surface area contributed by atoms with Crippen LogP contribution in [-0.2, 0) is 11.3 Å². The lowest BCUT2D eigenvalue weighted by atomic mass is 9.96. The molecule has 2 saturated heterocycles. The van der Waals surface area contributed by atoms with E-state index < -0.39 is 0 Å². The molecule has 0 radical (unpaired) electrons. The average molecular weight is 431 g/mol. The Morgan fingerprint density at radius 2 is 1.72 bits per heavy atom. The summed E-state index contributed by atoms with van der Waals surface area (Å²) < 4.78 is 0. The molecular formula is C25H30N6O. The van der Waals surface area contributed by atoms with E-state index in [0.717, 1.165) is 43.7 Å². The summed E-state index contributed by atoms with van der Waals surface area (Å²) in [5.41, 5.74) is 4.91. The summed E-state index contributed by atoms with van der Waals surface area (Å²) in [5.74, 6) is 0.210. The van der Waals surface area contributed by atoms with Gasteiger partial charge in [-0.3, -0.25) is 9.78 Å². The molecule has 3 aromatic rings. The SMILES string of the molecule is CN(Cc1ccc(N2CCCC2)cc1)C(=O)C1CCCN(c2cnc3nccnc3c2)C1. The zero-order valence-corrected chi connectivity index (χ0v) is 18.7. The van der Waals surface area contributed by atoms with Gasteiger partial charge in [-0.1, -0.05) is 12.1 Å². The molecule has 1 unspecified atom stereocenters. The molecule has 0 bridgehead atoms. The third kappa shape index (κ3) is 4.38. The van der Waals surface area contributed by atoms with Gasteiger partial charge in [0.2, 0.25) is 5.91 Å². The van der Waals surface area contributed by atoms with Crippen molar-refractivity contribution in [1.82, 2.24) is 19.9 Å². The Balaban J connectivity index is 1.22. The predicted molar refractivity (Wildman–Crippen MR) is 127 cm³/mol. The first-order valence-corrected chi connectivity index (χ1v) is 11.6. The van der Waals surface area contributed by atoms with Gasteiger partial charge < -0.3 is 14.7 Å². The monoisotopic (exact) mass is 430 g/mol. The number of nitrogens with zero attached hydrogens (tertiary/aromatic N) is 6. The van der Waals surface area contributed by atoms with Crippen LogP contribution in [0.3, 0.4) is 0 Å². The number of rotatable bonds is 5. The Morgan fingerprint density at radius 1 is 0.969 bits per heavy atom. The van der Waals surface area contributed by atoms with E-state index in [4.69, 9.17) is 0 Å². The minimum atomic E-state index is -0.00447. The second-order valence-electron chi connectivity index (χ2n) is 8.93. The van der Waals surface area contributed by atoms with Gasteiger partial charge >= 0.3 is 0 Å². The van der Waals surface area contributed by atoms with Crippen LogP contribution in [0.2, 0.25) is 0 Å². The van der Waals surface area contributed by atoms with Crippen molar-refractivity contribution in [3.8, 4) is 0 Å². The van der Waals surface area contributed by atoms with E-state index in [2.05, 4.69) is 49.0 Å². The van der Waals surface area contributed by atoms with Gasteiger partial charge in [0.1, 0.15) is 5.52 Å². The highest BCUT2D eigenvalue weighted by Gasteiger charge is 2.28. The Labute approximate surface area is 189 Å². The van der Waals surface area contributed by atoms with Gasteiger partial charge in [-0.2, -0.15) is 0 Å². The standard InChI is InChI=1S/C25H30N6O/c1-29(17-19-6-8-21(9-7-19)30-12-2-3-13-30)25(32)20-5-4-14-31(18-20)22-15-23-24(28-16-22)27-11-10-26-23/h6-11,15-16,20H,2-5,12-14,17-18H2,1H3. The second kappa shape index (κ2) is 9.10. The predicted octanol–water partition coefficient (Wildman–Crippen LogP) is 3.50. The van der Waals surface area contributed by atoms with Crippen LogP contribution >= 0.6 is 0 Å². The molecule has 0 aliphatic carbocycles. The fourth-order valence-corrected chi connectivity index (χ4v) is 4.88. The number of carbonyl (C=O) groups excluding carboxylic acids is 1. The minimum absolute atomic E-state index is 0.00447.